The Balaban J connectivity index is 3.43. The molecule has 4 unspecified atom stereocenters. The van der Waals surface area contributed by atoms with Gasteiger partial charge in [-0.2, -0.15) is 5.10 Å². The molecule has 0 fully saturated rings. The van der Waals surface area contributed by atoms with Crippen LogP contribution in [0.25, 0.3) is 0 Å². The Morgan fingerprint density at radius 1 is 0.683 bits per heavy atom. The molecule has 0 bridgehead atoms. The fraction of sp³-hybridized carbons (Fsp3) is 0.886. The Bertz CT molecular complexity index is 809. The molecule has 0 saturated carbocycles. The summed E-state index contributed by atoms with van der Waals surface area (Å²) in [6.07, 6.45) is 16.1. The third kappa shape index (κ3) is 12.8. The number of unbranched alkanes of at least 4 members (excludes halogenated alkanes) is 8. The van der Waals surface area contributed by atoms with Gasteiger partial charge in [-0.3, -0.25) is 4.79 Å². The number of nitrogens with one attached hydrogen (secondary N) is 1. The number of halogens is 3. The smallest absolute Gasteiger partial charge is 0.268 e. The van der Waals surface area contributed by atoms with Crippen molar-refractivity contribution >= 4 is 0 Å². The fourth-order valence-corrected chi connectivity index (χ4v) is 6.89. The van der Waals surface area contributed by atoms with E-state index in [4.69, 9.17) is 0 Å². The highest BCUT2D eigenvalue weighted by Crippen LogP contribution is 2.52. The zero-order valence-electron chi connectivity index (χ0n) is 27.2. The number of rotatable bonds is 26. The van der Waals surface area contributed by atoms with Crippen molar-refractivity contribution in [3.05, 3.63) is 28.2 Å². The van der Waals surface area contributed by atoms with Crippen LogP contribution in [0.4, 0.5) is 13.2 Å². The van der Waals surface area contributed by atoms with E-state index in [0.29, 0.717) is 50.1 Å². The van der Waals surface area contributed by atoms with Crippen molar-refractivity contribution in [1.29, 1.82) is 0 Å². The predicted octanol–water partition coefficient (Wildman–Crippen LogP) is 11.5. The molecule has 0 aromatic carbocycles. The monoisotopic (exact) mass is 584 g/mol. The highest BCUT2D eigenvalue weighted by Gasteiger charge is 2.56. The molecule has 6 heteroatoms. The Labute approximate surface area is 250 Å². The van der Waals surface area contributed by atoms with Gasteiger partial charge in [-0.1, -0.05) is 144 Å². The van der Waals surface area contributed by atoms with Gasteiger partial charge in [0, 0.05) is 17.4 Å². The molecule has 1 rings (SSSR count). The molecule has 0 radical (unpaired) electrons. The molecule has 1 heterocycles. The molecule has 0 aliphatic rings. The van der Waals surface area contributed by atoms with Crippen LogP contribution in [-0.4, -0.2) is 22.3 Å². The molecule has 41 heavy (non-hydrogen) atoms. The minimum absolute atomic E-state index is 0.119. The van der Waals surface area contributed by atoms with Crippen LogP contribution in [0.1, 0.15) is 175 Å². The molecule has 0 saturated heterocycles. The summed E-state index contributed by atoms with van der Waals surface area (Å²) in [4.78, 5) is 12.0. The van der Waals surface area contributed by atoms with Gasteiger partial charge >= 0.3 is 0 Å². The molecule has 0 amide bonds. The number of aromatic amines is 1. The van der Waals surface area contributed by atoms with E-state index in [9.17, 15) is 4.79 Å². The quantitative estimate of drug-likeness (QED) is 0.110. The number of H-pyrrole nitrogens is 1. The van der Waals surface area contributed by atoms with Gasteiger partial charge in [0.15, 0.2) is 6.17 Å². The SMILES string of the molecule is CCCCCCC(CCCCC)CCCC(CCC)(c1ccc(=O)[nH]n1)C(CCCCC)C(F)(F)C(F)CCCC. The summed E-state index contributed by atoms with van der Waals surface area (Å²) in [6.45, 7) is 10.5. The zero-order chi connectivity index (χ0) is 30.6. The Kier molecular flexibility index (Phi) is 19.7. The second kappa shape index (κ2) is 21.4. The van der Waals surface area contributed by atoms with Crippen LogP contribution < -0.4 is 5.56 Å². The van der Waals surface area contributed by atoms with Crippen LogP contribution in [0.5, 0.6) is 0 Å². The maximum absolute atomic E-state index is 16.4. The van der Waals surface area contributed by atoms with E-state index >= 15 is 13.2 Å². The molecular formula is C35H63F3N2O. The number of aromatic nitrogens is 2. The second-order valence-electron chi connectivity index (χ2n) is 12.6. The van der Waals surface area contributed by atoms with Crippen molar-refractivity contribution in [3.8, 4) is 0 Å². The molecule has 0 spiro atoms. The van der Waals surface area contributed by atoms with E-state index in [1.54, 1.807) is 6.07 Å². The molecular weight excluding hydrogens is 521 g/mol. The molecule has 1 aromatic heterocycles. The summed E-state index contributed by atoms with van der Waals surface area (Å²) in [7, 11) is 0. The molecule has 0 aliphatic heterocycles. The first kappa shape index (κ1) is 37.7. The lowest BCUT2D eigenvalue weighted by Gasteiger charge is -2.45. The summed E-state index contributed by atoms with van der Waals surface area (Å²) >= 11 is 0. The normalized spacial score (nSPS) is 15.9. The number of hydrogen-bond donors (Lipinski definition) is 1. The van der Waals surface area contributed by atoms with Crippen LogP contribution in [0, 0.1) is 11.8 Å². The van der Waals surface area contributed by atoms with Gasteiger partial charge in [-0.15, -0.1) is 0 Å². The Morgan fingerprint density at radius 2 is 1.24 bits per heavy atom. The summed E-state index contributed by atoms with van der Waals surface area (Å²) in [5, 5.41) is 6.92. The number of hydrogen-bond acceptors (Lipinski definition) is 2. The highest BCUT2D eigenvalue weighted by molar-refractivity contribution is 5.20. The van der Waals surface area contributed by atoms with Crippen molar-refractivity contribution in [1.82, 2.24) is 10.2 Å². The minimum atomic E-state index is -3.46. The largest absolute Gasteiger partial charge is 0.282 e. The first-order valence-electron chi connectivity index (χ1n) is 17.3. The van der Waals surface area contributed by atoms with Gasteiger partial charge in [0.1, 0.15) is 0 Å². The molecule has 0 aliphatic carbocycles. The van der Waals surface area contributed by atoms with Gasteiger partial charge in [-0.05, 0) is 37.7 Å². The van der Waals surface area contributed by atoms with Crippen molar-refractivity contribution in [2.24, 2.45) is 11.8 Å². The highest BCUT2D eigenvalue weighted by atomic mass is 19.3. The van der Waals surface area contributed by atoms with Crippen molar-refractivity contribution in [3.63, 3.8) is 0 Å². The van der Waals surface area contributed by atoms with Gasteiger partial charge in [0.25, 0.3) is 11.5 Å². The Morgan fingerprint density at radius 3 is 1.80 bits per heavy atom. The summed E-state index contributed by atoms with van der Waals surface area (Å²) in [6, 6.07) is 3.04. The summed E-state index contributed by atoms with van der Waals surface area (Å²) in [5.74, 6) is -4.02. The van der Waals surface area contributed by atoms with E-state index in [2.05, 4.69) is 31.0 Å². The first-order valence-corrected chi connectivity index (χ1v) is 17.3. The fourth-order valence-electron chi connectivity index (χ4n) is 6.89. The average Bonchev–Trinajstić information content (AvgIpc) is 2.96. The van der Waals surface area contributed by atoms with E-state index in [1.165, 1.54) is 63.9 Å². The zero-order valence-corrected chi connectivity index (χ0v) is 27.2. The molecule has 4 atom stereocenters. The third-order valence-corrected chi connectivity index (χ3v) is 9.26. The number of alkyl halides is 3. The van der Waals surface area contributed by atoms with Gasteiger partial charge < -0.3 is 0 Å². The molecule has 3 nitrogen and oxygen atoms in total. The number of nitrogens with zero attached hydrogens (tertiary/aromatic N) is 1. The van der Waals surface area contributed by atoms with Gasteiger partial charge in [-0.25, -0.2) is 18.3 Å². The standard InChI is InChI=1S/C35H63F3N2O/c1-6-11-15-18-21-29(20-16-12-7-2)22-19-28-34(27-10-5,32-25-26-33(41)40-39-32)30(23-17-13-8-3)35(37,38)31(36)24-14-9-4/h25-26,29-31H,6-24,27-28H2,1-5H3,(H,40,41). The molecule has 1 aromatic rings. The second-order valence-corrected chi connectivity index (χ2v) is 12.6. The lowest BCUT2D eigenvalue weighted by atomic mass is 9.61. The van der Waals surface area contributed by atoms with Crippen LogP contribution in [0.15, 0.2) is 16.9 Å². The predicted molar refractivity (Wildman–Crippen MR) is 169 cm³/mol. The maximum atomic E-state index is 16.4. The molecule has 1 N–H and O–H groups in total. The van der Waals surface area contributed by atoms with Gasteiger partial charge in [0.05, 0.1) is 5.69 Å². The summed E-state index contributed by atoms with van der Waals surface area (Å²) < 4.78 is 48.2. The first-order chi connectivity index (χ1) is 19.7. The average molecular weight is 585 g/mol. The van der Waals surface area contributed by atoms with E-state index in [0.717, 1.165) is 25.7 Å². The van der Waals surface area contributed by atoms with Crippen LogP contribution in [0.2, 0.25) is 0 Å². The molecule has 240 valence electrons. The van der Waals surface area contributed by atoms with Crippen LogP contribution in [0.3, 0.4) is 0 Å². The topological polar surface area (TPSA) is 45.8 Å². The minimum Gasteiger partial charge on any atom is -0.268 e. The summed E-state index contributed by atoms with van der Waals surface area (Å²) in [5.41, 5.74) is -0.820. The van der Waals surface area contributed by atoms with Crippen molar-refractivity contribution in [2.75, 3.05) is 0 Å². The van der Waals surface area contributed by atoms with Crippen LogP contribution in [-0.2, 0) is 5.41 Å². The Hall–Kier alpha value is -1.33. The third-order valence-electron chi connectivity index (χ3n) is 9.26. The van der Waals surface area contributed by atoms with Crippen molar-refractivity contribution < 1.29 is 13.2 Å². The van der Waals surface area contributed by atoms with Crippen LogP contribution >= 0.6 is 0 Å². The van der Waals surface area contributed by atoms with E-state index in [1.807, 2.05) is 13.8 Å². The lowest BCUT2D eigenvalue weighted by Crippen LogP contribution is -2.51. The van der Waals surface area contributed by atoms with E-state index < -0.39 is 23.4 Å². The van der Waals surface area contributed by atoms with Crippen molar-refractivity contribution in [2.45, 2.75) is 187 Å². The lowest BCUT2D eigenvalue weighted by molar-refractivity contribution is -0.150. The maximum Gasteiger partial charge on any atom is 0.282 e. The van der Waals surface area contributed by atoms with Gasteiger partial charge in [0.2, 0.25) is 0 Å². The van der Waals surface area contributed by atoms with E-state index in [-0.39, 0.29) is 18.4 Å².